The van der Waals surface area contributed by atoms with E-state index < -0.39 is 9.84 Å². The molecule has 6 heteroatoms. The van der Waals surface area contributed by atoms with E-state index in [9.17, 15) is 13.5 Å². The lowest BCUT2D eigenvalue weighted by atomic mass is 10.2. The van der Waals surface area contributed by atoms with Crippen LogP contribution in [0.4, 0.5) is 0 Å². The van der Waals surface area contributed by atoms with Crippen LogP contribution in [0.2, 0.25) is 0 Å². The van der Waals surface area contributed by atoms with Crippen molar-refractivity contribution >= 4 is 9.84 Å². The van der Waals surface area contributed by atoms with Crippen molar-refractivity contribution < 1.29 is 18.3 Å². The monoisotopic (exact) mass is 259 g/mol. The van der Waals surface area contributed by atoms with E-state index >= 15 is 0 Å². The first-order valence-corrected chi connectivity index (χ1v) is 7.23. The number of phenols is 1. The fraction of sp³-hybridized carbons (Fsp3) is 0.455. The summed E-state index contributed by atoms with van der Waals surface area (Å²) < 4.78 is 26.8. The molecular weight excluding hydrogens is 242 g/mol. The minimum absolute atomic E-state index is 0.0811. The van der Waals surface area contributed by atoms with Crippen molar-refractivity contribution in [3.8, 4) is 11.5 Å². The standard InChI is InChI=1S/C11H17NO4S/c1-16-10-3-4-11(13)9(7-10)8-12-5-6-17(2,14)15/h3-4,7,12-13H,5-6,8H2,1-2H3. The Kier molecular flexibility index (Phi) is 4.77. The van der Waals surface area contributed by atoms with Crippen molar-refractivity contribution in [2.24, 2.45) is 0 Å². The molecular formula is C11H17NO4S. The number of hydrogen-bond acceptors (Lipinski definition) is 5. The van der Waals surface area contributed by atoms with Crippen LogP contribution in [0.5, 0.6) is 11.5 Å². The Bertz CT molecular complexity index is 470. The summed E-state index contributed by atoms with van der Waals surface area (Å²) in [5.41, 5.74) is 0.679. The molecule has 2 N–H and O–H groups in total. The number of benzene rings is 1. The van der Waals surface area contributed by atoms with E-state index in [0.717, 1.165) is 0 Å². The Labute approximate surface area is 101 Å². The zero-order chi connectivity index (χ0) is 12.9. The van der Waals surface area contributed by atoms with E-state index in [1.165, 1.54) is 6.26 Å². The van der Waals surface area contributed by atoms with Crippen LogP contribution < -0.4 is 10.1 Å². The van der Waals surface area contributed by atoms with Gasteiger partial charge in [0.15, 0.2) is 0 Å². The van der Waals surface area contributed by atoms with Gasteiger partial charge in [-0.2, -0.15) is 0 Å². The number of rotatable bonds is 6. The highest BCUT2D eigenvalue weighted by Gasteiger charge is 2.04. The van der Waals surface area contributed by atoms with E-state index in [-0.39, 0.29) is 11.5 Å². The number of methoxy groups -OCH3 is 1. The molecule has 0 aromatic heterocycles. The predicted octanol–water partition coefficient (Wildman–Crippen LogP) is 0.535. The highest BCUT2D eigenvalue weighted by molar-refractivity contribution is 7.90. The number of phenolic OH excluding ortho intramolecular Hbond substituents is 1. The molecule has 0 radical (unpaired) electrons. The lowest BCUT2D eigenvalue weighted by molar-refractivity contribution is 0.410. The third-order valence-electron chi connectivity index (χ3n) is 2.25. The van der Waals surface area contributed by atoms with E-state index in [2.05, 4.69) is 5.32 Å². The maximum atomic E-state index is 10.9. The molecule has 1 rings (SSSR count). The average Bonchev–Trinajstić information content (AvgIpc) is 2.25. The normalized spacial score (nSPS) is 11.4. The molecule has 0 saturated heterocycles. The number of hydrogen-bond donors (Lipinski definition) is 2. The summed E-state index contributed by atoms with van der Waals surface area (Å²) in [6.07, 6.45) is 1.19. The first kappa shape index (κ1) is 13.8. The van der Waals surface area contributed by atoms with Crippen LogP contribution in [-0.4, -0.2) is 39.2 Å². The molecule has 0 aliphatic rings. The summed E-state index contributed by atoms with van der Waals surface area (Å²) in [5, 5.41) is 12.5. The highest BCUT2D eigenvalue weighted by atomic mass is 32.2. The maximum Gasteiger partial charge on any atom is 0.148 e. The van der Waals surface area contributed by atoms with Gasteiger partial charge >= 0.3 is 0 Å². The molecule has 96 valence electrons. The second kappa shape index (κ2) is 5.88. The van der Waals surface area contributed by atoms with Crippen LogP contribution in [0, 0.1) is 0 Å². The first-order valence-electron chi connectivity index (χ1n) is 5.16. The van der Waals surface area contributed by atoms with Gasteiger partial charge in [-0.3, -0.25) is 0 Å². The minimum Gasteiger partial charge on any atom is -0.508 e. The van der Waals surface area contributed by atoms with Crippen LogP contribution in [0.1, 0.15) is 5.56 Å². The fourth-order valence-corrected chi connectivity index (χ4v) is 1.83. The quantitative estimate of drug-likeness (QED) is 0.729. The first-order chi connectivity index (χ1) is 7.92. The summed E-state index contributed by atoms with van der Waals surface area (Å²) in [5.74, 6) is 0.901. The summed E-state index contributed by atoms with van der Waals surface area (Å²) in [7, 11) is -1.40. The predicted molar refractivity (Wildman–Crippen MR) is 66.1 cm³/mol. The summed E-state index contributed by atoms with van der Waals surface area (Å²) >= 11 is 0. The van der Waals surface area contributed by atoms with Crippen molar-refractivity contribution in [2.75, 3.05) is 25.7 Å². The fourth-order valence-electron chi connectivity index (χ4n) is 1.31. The maximum absolute atomic E-state index is 10.9. The SMILES string of the molecule is COc1ccc(O)c(CNCCS(C)(=O)=O)c1. The molecule has 0 heterocycles. The Hall–Kier alpha value is -1.27. The molecule has 0 bridgehead atoms. The molecule has 0 spiro atoms. The molecule has 0 aliphatic carbocycles. The Morgan fingerprint density at radius 2 is 2.12 bits per heavy atom. The second-order valence-electron chi connectivity index (χ2n) is 3.80. The van der Waals surface area contributed by atoms with Gasteiger partial charge in [0.2, 0.25) is 0 Å². The van der Waals surface area contributed by atoms with Gasteiger partial charge < -0.3 is 15.2 Å². The van der Waals surface area contributed by atoms with Gasteiger partial charge in [-0.05, 0) is 18.2 Å². The summed E-state index contributed by atoms with van der Waals surface area (Å²) in [6, 6.07) is 4.92. The molecule has 0 aliphatic heterocycles. The summed E-state index contributed by atoms with van der Waals surface area (Å²) in [6.45, 7) is 0.758. The summed E-state index contributed by atoms with van der Waals surface area (Å²) in [4.78, 5) is 0. The number of ether oxygens (including phenoxy) is 1. The number of aromatic hydroxyl groups is 1. The van der Waals surface area contributed by atoms with Gasteiger partial charge in [-0.25, -0.2) is 8.42 Å². The molecule has 0 saturated carbocycles. The molecule has 0 amide bonds. The zero-order valence-electron chi connectivity index (χ0n) is 9.93. The van der Waals surface area contributed by atoms with Gasteiger partial charge in [-0.1, -0.05) is 0 Å². The van der Waals surface area contributed by atoms with Crippen LogP contribution in [0.25, 0.3) is 0 Å². The van der Waals surface area contributed by atoms with Crippen molar-refractivity contribution in [1.29, 1.82) is 0 Å². The highest BCUT2D eigenvalue weighted by Crippen LogP contribution is 2.22. The molecule has 5 nitrogen and oxygen atoms in total. The van der Waals surface area contributed by atoms with Gasteiger partial charge in [0.05, 0.1) is 12.9 Å². The molecule has 1 aromatic carbocycles. The smallest absolute Gasteiger partial charge is 0.148 e. The van der Waals surface area contributed by atoms with Crippen molar-refractivity contribution in [1.82, 2.24) is 5.32 Å². The van der Waals surface area contributed by atoms with Crippen molar-refractivity contribution in [3.05, 3.63) is 23.8 Å². The topological polar surface area (TPSA) is 75.6 Å². The molecule has 1 aromatic rings. The van der Waals surface area contributed by atoms with Gasteiger partial charge in [-0.15, -0.1) is 0 Å². The van der Waals surface area contributed by atoms with Crippen LogP contribution >= 0.6 is 0 Å². The van der Waals surface area contributed by atoms with Gasteiger partial charge in [0, 0.05) is 24.9 Å². The molecule has 0 fully saturated rings. The third-order valence-corrected chi connectivity index (χ3v) is 3.20. The van der Waals surface area contributed by atoms with Gasteiger partial charge in [0.1, 0.15) is 21.3 Å². The molecule has 0 unspecified atom stereocenters. The van der Waals surface area contributed by atoms with E-state index in [1.54, 1.807) is 25.3 Å². The largest absolute Gasteiger partial charge is 0.508 e. The Balaban J connectivity index is 2.51. The van der Waals surface area contributed by atoms with E-state index in [4.69, 9.17) is 4.74 Å². The Morgan fingerprint density at radius 3 is 2.71 bits per heavy atom. The van der Waals surface area contributed by atoms with Crippen LogP contribution in [0.3, 0.4) is 0 Å². The molecule has 0 atom stereocenters. The van der Waals surface area contributed by atoms with Crippen LogP contribution in [0.15, 0.2) is 18.2 Å². The van der Waals surface area contributed by atoms with Crippen molar-refractivity contribution in [2.45, 2.75) is 6.54 Å². The lowest BCUT2D eigenvalue weighted by Crippen LogP contribution is -2.21. The van der Waals surface area contributed by atoms with Gasteiger partial charge in [0.25, 0.3) is 0 Å². The zero-order valence-corrected chi connectivity index (χ0v) is 10.8. The number of nitrogens with one attached hydrogen (secondary N) is 1. The lowest BCUT2D eigenvalue weighted by Gasteiger charge is -2.08. The molecule has 17 heavy (non-hydrogen) atoms. The second-order valence-corrected chi connectivity index (χ2v) is 6.06. The minimum atomic E-state index is -2.95. The Morgan fingerprint density at radius 1 is 1.41 bits per heavy atom. The van der Waals surface area contributed by atoms with Crippen molar-refractivity contribution in [3.63, 3.8) is 0 Å². The van der Waals surface area contributed by atoms with E-state index in [0.29, 0.717) is 24.4 Å². The average molecular weight is 259 g/mol. The van der Waals surface area contributed by atoms with E-state index in [1.807, 2.05) is 0 Å². The number of sulfone groups is 1. The third kappa shape index (κ3) is 5.06. The van der Waals surface area contributed by atoms with Crippen LogP contribution in [-0.2, 0) is 16.4 Å².